The number of carbonyl (C=O) groups excluding carboxylic acids is 9. The Morgan fingerprint density at radius 3 is 2.07 bits per heavy atom. The number of imidazole rings is 1. The lowest BCUT2D eigenvalue weighted by molar-refractivity contribution is -0.142. The smallest absolute Gasteiger partial charge is 0.326 e. The average Bonchev–Trinajstić information content (AvgIpc) is 3.12. The Hall–Kier alpha value is -8.79. The van der Waals surface area contributed by atoms with Crippen LogP contribution in [-0.2, 0) is 60.8 Å². The molecule has 1 fully saturated rings. The molecule has 82 heavy (non-hydrogen) atoms. The molecule has 7 rings (SSSR count). The second kappa shape index (κ2) is 28.1. The Bertz CT molecular complexity index is 2940. The van der Waals surface area contributed by atoms with E-state index in [-0.39, 0.29) is 106 Å². The lowest BCUT2D eigenvalue weighted by Crippen LogP contribution is -2.61. The number of aliphatic imine (C=N–C) groups is 2. The minimum absolute atomic E-state index is 0.0377. The number of nitrogens with two attached hydrogens (primary N) is 4. The van der Waals surface area contributed by atoms with Crippen molar-refractivity contribution < 1.29 is 53.1 Å². The third-order valence-corrected chi connectivity index (χ3v) is 14.4. The van der Waals surface area contributed by atoms with Gasteiger partial charge in [-0.3, -0.25) is 57.7 Å². The Labute approximate surface area is 473 Å². The molecule has 0 unspecified atom stereocenters. The van der Waals surface area contributed by atoms with E-state index in [4.69, 9.17) is 22.9 Å². The summed E-state index contributed by atoms with van der Waals surface area (Å²) in [7, 11) is 0. The van der Waals surface area contributed by atoms with Gasteiger partial charge in [0.15, 0.2) is 11.9 Å². The molecule has 4 aliphatic heterocycles. The average molecular weight is 1140 g/mol. The summed E-state index contributed by atoms with van der Waals surface area (Å²) in [6, 6.07) is -5.24. The summed E-state index contributed by atoms with van der Waals surface area (Å²) in [6.45, 7) is 10.2. The number of nitrogens with one attached hydrogen (secondary N) is 10. The third-order valence-electron chi connectivity index (χ3n) is 14.4. The quantitative estimate of drug-likeness (QED) is 0.0275. The first-order valence-electron chi connectivity index (χ1n) is 27.5. The molecule has 9 atom stereocenters. The van der Waals surface area contributed by atoms with Crippen LogP contribution in [0.3, 0.4) is 0 Å². The van der Waals surface area contributed by atoms with Gasteiger partial charge in [0.2, 0.25) is 53.2 Å². The van der Waals surface area contributed by atoms with Gasteiger partial charge in [-0.1, -0.05) is 53.7 Å². The zero-order valence-corrected chi connectivity index (χ0v) is 46.9. The number of aromatic nitrogens is 3. The molecule has 7 bridgehead atoms. The van der Waals surface area contributed by atoms with Crippen molar-refractivity contribution in [2.24, 2.45) is 50.7 Å². The molecule has 446 valence electrons. The molecule has 1 aromatic carbocycles. The van der Waals surface area contributed by atoms with E-state index >= 15 is 4.79 Å². The number of rotatable bonds is 17. The lowest BCUT2D eigenvalue weighted by Gasteiger charge is -2.33. The van der Waals surface area contributed by atoms with Crippen LogP contribution in [0.5, 0.6) is 0 Å². The molecule has 29 heteroatoms. The minimum atomic E-state index is -1.49. The Morgan fingerprint density at radius 2 is 1.44 bits per heavy atom. The first-order valence-corrected chi connectivity index (χ1v) is 27.5. The number of carboxylic acids is 1. The molecule has 0 spiro atoms. The molecule has 2 aromatic heterocycles. The molecule has 4 aliphatic rings. The van der Waals surface area contributed by atoms with Gasteiger partial charge in [-0.05, 0) is 67.9 Å². The summed E-state index contributed by atoms with van der Waals surface area (Å²) >= 11 is 0. The number of aromatic amines is 1. The fourth-order valence-electron chi connectivity index (χ4n) is 10.3. The third kappa shape index (κ3) is 16.6. The number of carboxylic acid groups (broad SMARTS) is 1. The number of amides is 9. The second-order valence-electron chi connectivity index (χ2n) is 22.0. The van der Waals surface area contributed by atoms with Crippen molar-refractivity contribution >= 4 is 82.0 Å². The van der Waals surface area contributed by atoms with E-state index in [0.29, 0.717) is 27.8 Å². The van der Waals surface area contributed by atoms with Crippen molar-refractivity contribution in [3.63, 3.8) is 0 Å². The standard InChI is InChI=1S/C53H78N18O11/c1-24(2)17-35-48(78)69-41(26(5)6)49(79)68-37-20-30-29-12-11-27(40(25(3)4)42(50(80)67-35)70-45(75)32-13-14-38(72)62-32)18-34(29)64-43(30)71-22-28(61-23-71)19-36(46(76)66-33(51(81)82)10-8-16-59-53(56)57)63-39(73)21-60-44(74)31(65-47(37)77)9-7-15-58-52(54)55/h11-12,18,22-26,31-33,35-37,40-42,64H,7-10,13-17,19-21H2,1-6H3,(H,60,74)(H,62,72)(H,63,73)(H,65,77)(H,66,76)(H,67,80)(H,68,79)(H,69,78)(H,70,75)(H,81,82)(H4,54,55,58)(H4,56,57,59)/t31-,32-,33-,35+,36-,37+,40-,41+,42+/m1/s1. The van der Waals surface area contributed by atoms with Crippen LogP contribution < -0.4 is 70.8 Å². The van der Waals surface area contributed by atoms with Crippen LogP contribution in [0.4, 0.5) is 0 Å². The predicted octanol–water partition coefficient (Wildman–Crippen LogP) is -3.11. The number of fused-ring (bicyclic) bond motifs is 13. The summed E-state index contributed by atoms with van der Waals surface area (Å²) in [5.74, 6) is -9.99. The van der Waals surface area contributed by atoms with E-state index in [1.54, 1.807) is 42.8 Å². The van der Waals surface area contributed by atoms with E-state index < -0.39 is 120 Å². The SMILES string of the molecule is CC(C)C[C@@H]1NC(=O)[C@@H](NC(=O)[C@H]2CCC(=O)N2)[C@H](C(C)C)c2ccc3c4c([nH]c3c2)-n2cnc(c2)C[C@H](C(=O)N[C@H](CCCN=C(N)N)C(=O)O)NC(=O)CNC(=O)[C@@H](CCCN=C(N)N)NC(=O)[C@H](C4)NC(=O)[C@H](C(C)C)NC1=O. The van der Waals surface area contributed by atoms with Gasteiger partial charge in [-0.2, -0.15) is 0 Å². The van der Waals surface area contributed by atoms with Crippen LogP contribution in [0.1, 0.15) is 109 Å². The van der Waals surface area contributed by atoms with E-state index in [0.717, 1.165) is 0 Å². The van der Waals surface area contributed by atoms with Crippen molar-refractivity contribution in [2.75, 3.05) is 19.6 Å². The number of carbonyl (C=O) groups is 10. The van der Waals surface area contributed by atoms with Gasteiger partial charge < -0.3 is 80.9 Å². The molecule has 3 aromatic rings. The number of hydrogen-bond donors (Lipinski definition) is 15. The first-order chi connectivity index (χ1) is 38.8. The van der Waals surface area contributed by atoms with E-state index in [2.05, 4.69) is 67.8 Å². The van der Waals surface area contributed by atoms with Gasteiger partial charge >= 0.3 is 5.97 Å². The predicted molar refractivity (Wildman–Crippen MR) is 300 cm³/mol. The van der Waals surface area contributed by atoms with Crippen molar-refractivity contribution in [1.82, 2.24) is 62.4 Å². The number of H-pyrrole nitrogens is 1. The Morgan fingerprint density at radius 1 is 0.756 bits per heavy atom. The molecular formula is C53H78N18O11. The Kier molecular flexibility index (Phi) is 21.4. The molecule has 9 amide bonds. The maximum Gasteiger partial charge on any atom is 0.326 e. The maximum atomic E-state index is 15.0. The van der Waals surface area contributed by atoms with Crippen LogP contribution in [0, 0.1) is 17.8 Å². The van der Waals surface area contributed by atoms with Gasteiger partial charge in [0.05, 0.1) is 12.2 Å². The highest BCUT2D eigenvalue weighted by atomic mass is 16.4. The fraction of sp³-hybridized carbons (Fsp3) is 0.566. The highest BCUT2D eigenvalue weighted by Gasteiger charge is 2.40. The normalized spacial score (nSPS) is 23.4. The van der Waals surface area contributed by atoms with Gasteiger partial charge in [0, 0.05) is 60.9 Å². The summed E-state index contributed by atoms with van der Waals surface area (Å²) in [6.07, 6.45) is 2.94. The summed E-state index contributed by atoms with van der Waals surface area (Å²) in [4.78, 5) is 156. The van der Waals surface area contributed by atoms with Crippen LogP contribution in [0.25, 0.3) is 16.7 Å². The number of aliphatic carboxylic acids is 1. The van der Waals surface area contributed by atoms with Crippen LogP contribution in [0.15, 0.2) is 40.7 Å². The Balaban J connectivity index is 1.55. The van der Waals surface area contributed by atoms with E-state index in [1.807, 2.05) is 27.7 Å². The van der Waals surface area contributed by atoms with Crippen molar-refractivity contribution in [3.8, 4) is 5.82 Å². The summed E-state index contributed by atoms with van der Waals surface area (Å²) in [5.41, 5.74) is 23.6. The number of hydrogen-bond acceptors (Lipinski definition) is 13. The first kappa shape index (κ1) is 62.4. The van der Waals surface area contributed by atoms with E-state index in [1.165, 1.54) is 6.33 Å². The minimum Gasteiger partial charge on any atom is -0.480 e. The summed E-state index contributed by atoms with van der Waals surface area (Å²) in [5, 5.41) is 35.0. The molecule has 6 heterocycles. The largest absolute Gasteiger partial charge is 0.480 e. The van der Waals surface area contributed by atoms with E-state index in [9.17, 15) is 48.3 Å². The number of nitrogens with zero attached hydrogens (tertiary/aromatic N) is 4. The number of benzene rings is 1. The van der Waals surface area contributed by atoms with Crippen LogP contribution >= 0.6 is 0 Å². The maximum absolute atomic E-state index is 15.0. The molecule has 29 nitrogen and oxygen atoms in total. The van der Waals surface area contributed by atoms with Crippen LogP contribution in [-0.4, -0.2) is 159 Å². The summed E-state index contributed by atoms with van der Waals surface area (Å²) < 4.78 is 1.56. The number of guanidine groups is 2. The van der Waals surface area contributed by atoms with Crippen LogP contribution in [0.2, 0.25) is 0 Å². The van der Waals surface area contributed by atoms with Gasteiger partial charge in [-0.25, -0.2) is 9.78 Å². The molecule has 1 saturated heterocycles. The second-order valence-corrected chi connectivity index (χ2v) is 22.0. The van der Waals surface area contributed by atoms with Crippen molar-refractivity contribution in [2.45, 2.75) is 154 Å². The highest BCUT2D eigenvalue weighted by Crippen LogP contribution is 2.35. The zero-order valence-electron chi connectivity index (χ0n) is 46.9. The molecule has 0 radical (unpaired) electrons. The van der Waals surface area contributed by atoms with Crippen molar-refractivity contribution in [3.05, 3.63) is 47.5 Å². The van der Waals surface area contributed by atoms with Crippen molar-refractivity contribution in [1.29, 1.82) is 0 Å². The molecular weight excluding hydrogens is 1060 g/mol. The highest BCUT2D eigenvalue weighted by molar-refractivity contribution is 6.00. The van der Waals surface area contributed by atoms with Gasteiger partial charge in [0.25, 0.3) is 0 Å². The molecule has 0 saturated carbocycles. The zero-order chi connectivity index (χ0) is 60.1. The molecule has 19 N–H and O–H groups in total. The lowest BCUT2D eigenvalue weighted by atomic mass is 9.81. The van der Waals surface area contributed by atoms with Gasteiger partial charge in [0.1, 0.15) is 60.5 Å². The fourth-order valence-corrected chi connectivity index (χ4v) is 10.3. The monoisotopic (exact) mass is 1140 g/mol. The van der Waals surface area contributed by atoms with Gasteiger partial charge in [-0.15, -0.1) is 0 Å². The molecule has 0 aliphatic carbocycles. The topological polar surface area (TPSA) is 462 Å².